The number of carbonyl (C=O) groups excluding carboxylic acids is 2. The molecule has 1 unspecified atom stereocenters. The van der Waals surface area contributed by atoms with Gasteiger partial charge < -0.3 is 15.5 Å². The molecule has 0 saturated carbocycles. The summed E-state index contributed by atoms with van der Waals surface area (Å²) in [7, 11) is 0. The minimum atomic E-state index is -0.451. The molecule has 2 fully saturated rings. The number of likely N-dealkylation sites (tertiary alicyclic amines) is 1. The van der Waals surface area contributed by atoms with Crippen LogP contribution in [0.1, 0.15) is 29.1 Å². The number of thiazole rings is 1. The highest BCUT2D eigenvalue weighted by atomic mass is 32.1. The zero-order valence-electron chi connectivity index (χ0n) is 14.7. The summed E-state index contributed by atoms with van der Waals surface area (Å²) >= 11 is 1.67. The van der Waals surface area contributed by atoms with Crippen molar-refractivity contribution in [3.05, 3.63) is 52.0 Å². The van der Waals surface area contributed by atoms with Gasteiger partial charge in [-0.2, -0.15) is 0 Å². The molecule has 2 aromatic rings. The van der Waals surface area contributed by atoms with Crippen molar-refractivity contribution in [2.45, 2.75) is 31.2 Å². The van der Waals surface area contributed by atoms with Gasteiger partial charge in [-0.05, 0) is 25.3 Å². The van der Waals surface area contributed by atoms with Crippen molar-refractivity contribution in [1.82, 2.24) is 20.5 Å². The third-order valence-electron chi connectivity index (χ3n) is 5.43. The fraction of sp³-hybridized carbons (Fsp3) is 0.421. The number of hydrogen-bond acceptors (Lipinski definition) is 4. The Labute approximate surface area is 156 Å². The van der Waals surface area contributed by atoms with Crippen molar-refractivity contribution in [3.63, 3.8) is 0 Å². The van der Waals surface area contributed by atoms with E-state index in [-0.39, 0.29) is 17.4 Å². The highest BCUT2D eigenvalue weighted by Gasteiger charge is 2.42. The minimum Gasteiger partial charge on any atom is -0.341 e. The Hall–Kier alpha value is -2.41. The Balaban J connectivity index is 1.57. The summed E-state index contributed by atoms with van der Waals surface area (Å²) in [6.45, 7) is 3.72. The molecule has 0 spiro atoms. The van der Waals surface area contributed by atoms with Gasteiger partial charge >= 0.3 is 6.03 Å². The lowest BCUT2D eigenvalue weighted by Crippen LogP contribution is -2.51. The van der Waals surface area contributed by atoms with Crippen LogP contribution >= 0.6 is 11.3 Å². The number of nitrogens with one attached hydrogen (secondary N) is 2. The predicted octanol–water partition coefficient (Wildman–Crippen LogP) is 2.04. The fourth-order valence-corrected chi connectivity index (χ4v) is 4.68. The van der Waals surface area contributed by atoms with Crippen molar-refractivity contribution in [3.8, 4) is 0 Å². The average Bonchev–Trinajstić information content (AvgIpc) is 3.31. The van der Waals surface area contributed by atoms with Gasteiger partial charge in [-0.25, -0.2) is 9.78 Å². The number of benzene rings is 1. The Kier molecular flexibility index (Phi) is 4.40. The van der Waals surface area contributed by atoms with Crippen LogP contribution in [0, 0.1) is 6.92 Å². The molecule has 7 heteroatoms. The van der Waals surface area contributed by atoms with Gasteiger partial charge in [-0.15, -0.1) is 11.3 Å². The number of urea groups is 1. The molecular formula is C19H22N4O2S. The second kappa shape index (κ2) is 6.72. The standard InChI is InChI=1S/C19H22N4O2S/c1-13-21-16(12-26-13)19(14-5-3-2-4-6-14)7-9-23(10-8-19)17(24)15-11-20-18(25)22-15/h2-6,12,15H,7-11H2,1H3,(H2,20,22,25). The number of carbonyl (C=O) groups is 2. The first-order valence-electron chi connectivity index (χ1n) is 8.90. The number of rotatable bonds is 3. The topological polar surface area (TPSA) is 74.3 Å². The highest BCUT2D eigenvalue weighted by molar-refractivity contribution is 7.09. The molecule has 1 atom stereocenters. The quantitative estimate of drug-likeness (QED) is 0.868. The van der Waals surface area contributed by atoms with Crippen LogP contribution in [-0.2, 0) is 10.2 Å². The number of hydrogen-bond donors (Lipinski definition) is 2. The van der Waals surface area contributed by atoms with E-state index in [4.69, 9.17) is 4.98 Å². The molecule has 26 heavy (non-hydrogen) atoms. The lowest BCUT2D eigenvalue weighted by Gasteiger charge is -2.42. The third kappa shape index (κ3) is 2.96. The van der Waals surface area contributed by atoms with Gasteiger partial charge in [0.1, 0.15) is 6.04 Å². The van der Waals surface area contributed by atoms with Gasteiger partial charge in [0.25, 0.3) is 0 Å². The molecule has 136 valence electrons. The largest absolute Gasteiger partial charge is 0.341 e. The maximum Gasteiger partial charge on any atom is 0.315 e. The summed E-state index contributed by atoms with van der Waals surface area (Å²) in [4.78, 5) is 30.7. The number of nitrogens with zero attached hydrogens (tertiary/aromatic N) is 2. The van der Waals surface area contributed by atoms with E-state index in [1.165, 1.54) is 5.56 Å². The van der Waals surface area contributed by atoms with Gasteiger partial charge in [0.05, 0.1) is 10.7 Å². The van der Waals surface area contributed by atoms with Crippen LogP contribution in [0.15, 0.2) is 35.7 Å². The molecule has 4 rings (SSSR count). The Morgan fingerprint density at radius 2 is 2.00 bits per heavy atom. The van der Waals surface area contributed by atoms with Crippen molar-refractivity contribution < 1.29 is 9.59 Å². The summed E-state index contributed by atoms with van der Waals surface area (Å²) in [6.07, 6.45) is 1.67. The maximum atomic E-state index is 12.7. The van der Waals surface area contributed by atoms with E-state index in [0.717, 1.165) is 23.5 Å². The third-order valence-corrected chi connectivity index (χ3v) is 6.21. The molecule has 2 saturated heterocycles. The van der Waals surface area contributed by atoms with Crippen LogP contribution in [0.2, 0.25) is 0 Å². The number of aromatic nitrogens is 1. The van der Waals surface area contributed by atoms with E-state index < -0.39 is 6.04 Å². The van der Waals surface area contributed by atoms with Gasteiger partial charge in [0, 0.05) is 30.4 Å². The van der Waals surface area contributed by atoms with Crippen LogP contribution in [0.25, 0.3) is 0 Å². The second-order valence-corrected chi connectivity index (χ2v) is 7.99. The van der Waals surface area contributed by atoms with Crippen molar-refractivity contribution >= 4 is 23.3 Å². The van der Waals surface area contributed by atoms with E-state index in [9.17, 15) is 9.59 Å². The highest BCUT2D eigenvalue weighted by Crippen LogP contribution is 2.42. The van der Waals surface area contributed by atoms with Gasteiger partial charge in [-0.1, -0.05) is 30.3 Å². The zero-order valence-corrected chi connectivity index (χ0v) is 15.5. The van der Waals surface area contributed by atoms with Crippen LogP contribution in [0.5, 0.6) is 0 Å². The van der Waals surface area contributed by atoms with Crippen molar-refractivity contribution in [2.75, 3.05) is 19.6 Å². The first-order chi connectivity index (χ1) is 12.6. The second-order valence-electron chi connectivity index (χ2n) is 6.93. The molecule has 3 heterocycles. The fourth-order valence-electron chi connectivity index (χ4n) is 3.97. The Bertz CT molecular complexity index is 812. The van der Waals surface area contributed by atoms with E-state index >= 15 is 0 Å². The van der Waals surface area contributed by atoms with E-state index in [1.807, 2.05) is 17.9 Å². The molecule has 1 aromatic carbocycles. The summed E-state index contributed by atoms with van der Waals surface area (Å²) in [5, 5.41) is 8.56. The number of piperidine rings is 1. The first-order valence-corrected chi connectivity index (χ1v) is 9.78. The molecule has 2 aliphatic rings. The molecule has 0 radical (unpaired) electrons. The zero-order chi connectivity index (χ0) is 18.1. The van der Waals surface area contributed by atoms with Gasteiger partial charge in [0.15, 0.2) is 0 Å². The Morgan fingerprint density at radius 1 is 1.27 bits per heavy atom. The monoisotopic (exact) mass is 370 g/mol. The SMILES string of the molecule is Cc1nc(C2(c3ccccc3)CCN(C(=O)C3CNC(=O)N3)CC2)cs1. The van der Waals surface area contributed by atoms with Crippen molar-refractivity contribution in [1.29, 1.82) is 0 Å². The lowest BCUT2D eigenvalue weighted by molar-refractivity contribution is -0.134. The molecule has 2 N–H and O–H groups in total. The molecule has 3 amide bonds. The van der Waals surface area contributed by atoms with Crippen LogP contribution in [-0.4, -0.2) is 47.5 Å². The molecular weight excluding hydrogens is 348 g/mol. The van der Waals surface area contributed by atoms with Crippen molar-refractivity contribution in [2.24, 2.45) is 0 Å². The van der Waals surface area contributed by atoms with Gasteiger partial charge in [-0.3, -0.25) is 4.79 Å². The van der Waals surface area contributed by atoms with E-state index in [0.29, 0.717) is 19.6 Å². The molecule has 0 bridgehead atoms. The van der Waals surface area contributed by atoms with E-state index in [1.54, 1.807) is 11.3 Å². The summed E-state index contributed by atoms with van der Waals surface area (Å²) in [5.74, 6) is -0.000491. The van der Waals surface area contributed by atoms with Gasteiger partial charge in [0.2, 0.25) is 5.91 Å². The Morgan fingerprint density at radius 3 is 2.58 bits per heavy atom. The normalized spacial score (nSPS) is 22.0. The predicted molar refractivity (Wildman–Crippen MR) is 100 cm³/mol. The number of aryl methyl sites for hydroxylation is 1. The molecule has 1 aromatic heterocycles. The molecule has 0 aliphatic carbocycles. The summed E-state index contributed by atoms with van der Waals surface area (Å²) in [5.41, 5.74) is 2.21. The van der Waals surface area contributed by atoms with E-state index in [2.05, 4.69) is 40.3 Å². The molecule has 6 nitrogen and oxygen atoms in total. The first kappa shape index (κ1) is 17.0. The lowest BCUT2D eigenvalue weighted by atomic mass is 9.70. The maximum absolute atomic E-state index is 12.7. The summed E-state index contributed by atoms with van der Waals surface area (Å²) < 4.78 is 0. The summed E-state index contributed by atoms with van der Waals surface area (Å²) in [6, 6.07) is 9.75. The minimum absolute atomic E-state index is 0.000491. The number of amides is 3. The average molecular weight is 370 g/mol. The van der Waals surface area contributed by atoms with Crippen LogP contribution in [0.4, 0.5) is 4.79 Å². The van der Waals surface area contributed by atoms with Crippen LogP contribution in [0.3, 0.4) is 0 Å². The van der Waals surface area contributed by atoms with Crippen LogP contribution < -0.4 is 10.6 Å². The smallest absolute Gasteiger partial charge is 0.315 e. The molecule has 2 aliphatic heterocycles.